The number of aromatic nitrogens is 4. The van der Waals surface area contributed by atoms with E-state index in [1.165, 1.54) is 13.4 Å². The largest absolute Gasteiger partial charge is 0.497 e. The highest BCUT2D eigenvalue weighted by atomic mass is 16.5. The maximum atomic E-state index is 12.2. The van der Waals surface area contributed by atoms with Crippen LogP contribution in [0.1, 0.15) is 0 Å². The van der Waals surface area contributed by atoms with Gasteiger partial charge in [0.2, 0.25) is 5.91 Å². The first kappa shape index (κ1) is 17.2. The van der Waals surface area contributed by atoms with E-state index in [0.29, 0.717) is 17.2 Å². The predicted molar refractivity (Wildman–Crippen MR) is 95.8 cm³/mol. The molecule has 0 fully saturated rings. The monoisotopic (exact) mass is 354 g/mol. The molecule has 0 radical (unpaired) electrons. The molecule has 3 rings (SSSR count). The van der Waals surface area contributed by atoms with Gasteiger partial charge in [-0.15, -0.1) is 5.10 Å². The Morgan fingerprint density at radius 2 is 1.92 bits per heavy atom. The Hall–Kier alpha value is -3.62. The molecule has 0 aliphatic heterocycles. The van der Waals surface area contributed by atoms with Crippen LogP contribution in [0.25, 0.3) is 5.69 Å². The maximum absolute atomic E-state index is 12.2. The van der Waals surface area contributed by atoms with Crippen LogP contribution in [0.3, 0.4) is 0 Å². The van der Waals surface area contributed by atoms with Gasteiger partial charge < -0.3 is 20.1 Å². The van der Waals surface area contributed by atoms with E-state index in [2.05, 4.69) is 26.2 Å². The van der Waals surface area contributed by atoms with Crippen LogP contribution in [0.4, 0.5) is 11.4 Å². The van der Waals surface area contributed by atoms with Crippen molar-refractivity contribution in [3.05, 3.63) is 48.8 Å². The summed E-state index contributed by atoms with van der Waals surface area (Å²) in [6, 6.07) is 12.6. The third-order valence-corrected chi connectivity index (χ3v) is 3.62. The van der Waals surface area contributed by atoms with Gasteiger partial charge in [0.1, 0.15) is 17.8 Å². The molecule has 9 heteroatoms. The highest BCUT2D eigenvalue weighted by molar-refractivity contribution is 5.95. The number of nitrogens with zero attached hydrogens (tertiary/aromatic N) is 4. The zero-order valence-electron chi connectivity index (χ0n) is 14.3. The molecule has 0 unspecified atom stereocenters. The quantitative estimate of drug-likeness (QED) is 0.666. The predicted octanol–water partition coefficient (Wildman–Crippen LogP) is 1.73. The second-order valence-electron chi connectivity index (χ2n) is 5.27. The van der Waals surface area contributed by atoms with Gasteiger partial charge in [-0.05, 0) is 46.8 Å². The number of rotatable bonds is 7. The van der Waals surface area contributed by atoms with Gasteiger partial charge in [-0.1, -0.05) is 0 Å². The van der Waals surface area contributed by atoms with E-state index < -0.39 is 0 Å². The summed E-state index contributed by atoms with van der Waals surface area (Å²) in [6.45, 7) is 0.111. The molecule has 2 aromatic carbocycles. The molecule has 0 spiro atoms. The Morgan fingerprint density at radius 1 is 1.12 bits per heavy atom. The molecule has 9 nitrogen and oxygen atoms in total. The first-order valence-corrected chi connectivity index (χ1v) is 7.79. The van der Waals surface area contributed by atoms with Gasteiger partial charge in [0, 0.05) is 11.8 Å². The van der Waals surface area contributed by atoms with Gasteiger partial charge in [0.25, 0.3) is 0 Å². The summed E-state index contributed by atoms with van der Waals surface area (Å²) in [6.07, 6.45) is 1.51. The second-order valence-corrected chi connectivity index (χ2v) is 5.27. The van der Waals surface area contributed by atoms with Crippen molar-refractivity contribution in [2.24, 2.45) is 0 Å². The van der Waals surface area contributed by atoms with Crippen molar-refractivity contribution in [2.75, 3.05) is 31.4 Å². The van der Waals surface area contributed by atoms with Crippen molar-refractivity contribution in [1.82, 2.24) is 20.2 Å². The number of nitrogens with one attached hydrogen (secondary N) is 2. The lowest BCUT2D eigenvalue weighted by atomic mass is 10.2. The first-order valence-electron chi connectivity index (χ1n) is 7.79. The molecule has 0 bridgehead atoms. The lowest BCUT2D eigenvalue weighted by Gasteiger charge is -2.12. The van der Waals surface area contributed by atoms with Crippen molar-refractivity contribution < 1.29 is 14.3 Å². The van der Waals surface area contributed by atoms with E-state index in [4.69, 9.17) is 9.47 Å². The van der Waals surface area contributed by atoms with Crippen LogP contribution in [0.2, 0.25) is 0 Å². The fraction of sp³-hybridized carbons (Fsp3) is 0.176. The number of ether oxygens (including phenoxy) is 2. The average molecular weight is 354 g/mol. The summed E-state index contributed by atoms with van der Waals surface area (Å²) in [5.74, 6) is 0.988. The molecule has 0 aliphatic rings. The number of anilines is 2. The molecule has 0 saturated carbocycles. The third-order valence-electron chi connectivity index (χ3n) is 3.62. The smallest absolute Gasteiger partial charge is 0.243 e. The Bertz CT molecular complexity index is 865. The summed E-state index contributed by atoms with van der Waals surface area (Å²) in [4.78, 5) is 12.2. The highest BCUT2D eigenvalue weighted by Gasteiger charge is 2.09. The van der Waals surface area contributed by atoms with Gasteiger partial charge in [-0.2, -0.15) is 0 Å². The zero-order chi connectivity index (χ0) is 18.4. The number of methoxy groups -OCH3 is 2. The number of hydrogen-bond donors (Lipinski definition) is 2. The van der Waals surface area contributed by atoms with Crippen molar-refractivity contribution in [3.63, 3.8) is 0 Å². The summed E-state index contributed by atoms with van der Waals surface area (Å²) in [5.41, 5.74) is 2.21. The van der Waals surface area contributed by atoms with Crippen LogP contribution >= 0.6 is 0 Å². The molecule has 0 saturated heterocycles. The van der Waals surface area contributed by atoms with E-state index in [9.17, 15) is 4.79 Å². The molecule has 1 heterocycles. The van der Waals surface area contributed by atoms with Crippen LogP contribution in [-0.4, -0.2) is 46.9 Å². The normalized spacial score (nSPS) is 10.2. The lowest BCUT2D eigenvalue weighted by Crippen LogP contribution is -2.22. The van der Waals surface area contributed by atoms with Crippen LogP contribution in [0.15, 0.2) is 48.8 Å². The molecule has 0 atom stereocenters. The molecular weight excluding hydrogens is 336 g/mol. The van der Waals surface area contributed by atoms with Gasteiger partial charge in [-0.25, -0.2) is 4.68 Å². The molecule has 26 heavy (non-hydrogen) atoms. The zero-order valence-corrected chi connectivity index (χ0v) is 14.3. The van der Waals surface area contributed by atoms with Crippen molar-refractivity contribution in [2.45, 2.75) is 0 Å². The molecule has 1 amide bonds. The second kappa shape index (κ2) is 7.97. The topological polar surface area (TPSA) is 103 Å². The lowest BCUT2D eigenvalue weighted by molar-refractivity contribution is -0.114. The fourth-order valence-corrected chi connectivity index (χ4v) is 2.29. The van der Waals surface area contributed by atoms with E-state index >= 15 is 0 Å². The Labute approximate surface area is 149 Å². The van der Waals surface area contributed by atoms with E-state index in [0.717, 1.165) is 11.4 Å². The summed E-state index contributed by atoms with van der Waals surface area (Å²) in [5, 5.41) is 16.9. The van der Waals surface area contributed by atoms with Crippen molar-refractivity contribution in [3.8, 4) is 17.2 Å². The van der Waals surface area contributed by atoms with Crippen LogP contribution in [0, 0.1) is 0 Å². The Kier molecular flexibility index (Phi) is 5.28. The SMILES string of the molecule is COc1ccc(NC(=O)CNc2ccc(-n3cnnn3)cc2)c(OC)c1. The van der Waals surface area contributed by atoms with Crippen LogP contribution in [-0.2, 0) is 4.79 Å². The minimum Gasteiger partial charge on any atom is -0.497 e. The van der Waals surface area contributed by atoms with Gasteiger partial charge >= 0.3 is 0 Å². The Balaban J connectivity index is 1.57. The molecule has 2 N–H and O–H groups in total. The molecule has 0 aliphatic carbocycles. The first-order chi connectivity index (χ1) is 12.7. The highest BCUT2D eigenvalue weighted by Crippen LogP contribution is 2.28. The average Bonchev–Trinajstić information content (AvgIpc) is 3.22. The van der Waals surface area contributed by atoms with Gasteiger partial charge in [0.15, 0.2) is 0 Å². The summed E-state index contributed by atoms with van der Waals surface area (Å²) < 4.78 is 12.0. The van der Waals surface area contributed by atoms with Crippen LogP contribution < -0.4 is 20.1 Å². The minimum absolute atomic E-state index is 0.111. The fourth-order valence-electron chi connectivity index (χ4n) is 2.29. The van der Waals surface area contributed by atoms with E-state index in [1.807, 2.05) is 24.3 Å². The number of amides is 1. The molecule has 1 aromatic heterocycles. The summed E-state index contributed by atoms with van der Waals surface area (Å²) in [7, 11) is 3.11. The summed E-state index contributed by atoms with van der Waals surface area (Å²) >= 11 is 0. The van der Waals surface area contributed by atoms with Gasteiger partial charge in [-0.3, -0.25) is 4.79 Å². The molecule has 3 aromatic rings. The molecule has 134 valence electrons. The van der Waals surface area contributed by atoms with Crippen LogP contribution in [0.5, 0.6) is 11.5 Å². The number of carbonyl (C=O) groups is 1. The van der Waals surface area contributed by atoms with E-state index in [1.54, 1.807) is 30.0 Å². The van der Waals surface area contributed by atoms with Gasteiger partial charge in [0.05, 0.1) is 32.1 Å². The number of benzene rings is 2. The standard InChI is InChI=1S/C17H18N6O3/c1-25-14-7-8-15(16(9-14)26-2)20-17(24)10-18-12-3-5-13(6-4-12)23-11-19-21-22-23/h3-9,11,18H,10H2,1-2H3,(H,20,24). The third kappa shape index (κ3) is 4.07. The van der Waals surface area contributed by atoms with Crippen molar-refractivity contribution >= 4 is 17.3 Å². The number of hydrogen-bond acceptors (Lipinski definition) is 7. The Morgan fingerprint density at radius 3 is 2.58 bits per heavy atom. The van der Waals surface area contributed by atoms with E-state index in [-0.39, 0.29) is 12.5 Å². The molecular formula is C17H18N6O3. The maximum Gasteiger partial charge on any atom is 0.243 e. The minimum atomic E-state index is -0.196. The number of tetrazole rings is 1. The van der Waals surface area contributed by atoms with Crippen molar-refractivity contribution in [1.29, 1.82) is 0 Å². The number of carbonyl (C=O) groups excluding carboxylic acids is 1.